The smallest absolute Gasteiger partial charge is 0.242 e. The van der Waals surface area contributed by atoms with Crippen LogP contribution in [0.3, 0.4) is 0 Å². The van der Waals surface area contributed by atoms with Gasteiger partial charge in [-0.1, -0.05) is 6.07 Å². The van der Waals surface area contributed by atoms with Gasteiger partial charge in [0.25, 0.3) is 0 Å². The highest BCUT2D eigenvalue weighted by Crippen LogP contribution is 2.07. The predicted octanol–water partition coefficient (Wildman–Crippen LogP) is -0.0398. The summed E-state index contributed by atoms with van der Waals surface area (Å²) < 4.78 is 5.40. The van der Waals surface area contributed by atoms with Crippen molar-refractivity contribution in [3.05, 3.63) is 30.1 Å². The van der Waals surface area contributed by atoms with E-state index in [9.17, 15) is 4.79 Å². The maximum absolute atomic E-state index is 12.7. The second kappa shape index (κ2) is 8.07. The lowest BCUT2D eigenvalue weighted by Gasteiger charge is -2.30. The SMILES string of the molecule is CN(C)CCN(Cc1cccnc1)C(=O)C1COCCN1. The molecule has 1 atom stereocenters. The van der Waals surface area contributed by atoms with Crippen molar-refractivity contribution in [2.75, 3.05) is 46.9 Å². The monoisotopic (exact) mass is 292 g/mol. The Labute approximate surface area is 126 Å². The zero-order chi connectivity index (χ0) is 15.1. The fourth-order valence-corrected chi connectivity index (χ4v) is 2.24. The van der Waals surface area contributed by atoms with Crippen LogP contribution in [0.1, 0.15) is 5.56 Å². The van der Waals surface area contributed by atoms with Gasteiger partial charge in [-0.3, -0.25) is 9.78 Å². The minimum absolute atomic E-state index is 0.0976. The summed E-state index contributed by atoms with van der Waals surface area (Å²) in [6.07, 6.45) is 3.55. The summed E-state index contributed by atoms with van der Waals surface area (Å²) in [6, 6.07) is 3.65. The van der Waals surface area contributed by atoms with E-state index in [1.165, 1.54) is 0 Å². The van der Waals surface area contributed by atoms with Crippen LogP contribution in [0.5, 0.6) is 0 Å². The quantitative estimate of drug-likeness (QED) is 0.797. The van der Waals surface area contributed by atoms with Gasteiger partial charge in [0, 0.05) is 38.6 Å². The molecule has 1 aliphatic heterocycles. The van der Waals surface area contributed by atoms with Gasteiger partial charge in [-0.25, -0.2) is 0 Å². The van der Waals surface area contributed by atoms with Crippen LogP contribution in [-0.2, 0) is 16.1 Å². The molecule has 2 rings (SSSR count). The van der Waals surface area contributed by atoms with Gasteiger partial charge < -0.3 is 19.9 Å². The van der Waals surface area contributed by atoms with Crippen LogP contribution in [0.15, 0.2) is 24.5 Å². The molecule has 21 heavy (non-hydrogen) atoms. The highest BCUT2D eigenvalue weighted by molar-refractivity contribution is 5.82. The molecule has 2 heterocycles. The average molecular weight is 292 g/mol. The van der Waals surface area contributed by atoms with E-state index < -0.39 is 0 Å². The van der Waals surface area contributed by atoms with Crippen molar-refractivity contribution in [3.8, 4) is 0 Å². The first-order chi connectivity index (χ1) is 10.2. The number of nitrogens with zero attached hydrogens (tertiary/aromatic N) is 3. The summed E-state index contributed by atoms with van der Waals surface area (Å²) in [5.41, 5.74) is 1.04. The number of amides is 1. The Morgan fingerprint density at radius 3 is 2.95 bits per heavy atom. The van der Waals surface area contributed by atoms with E-state index in [4.69, 9.17) is 4.74 Å². The molecule has 1 amide bonds. The molecule has 1 fully saturated rings. The largest absolute Gasteiger partial charge is 0.378 e. The van der Waals surface area contributed by atoms with Crippen molar-refractivity contribution in [3.63, 3.8) is 0 Å². The molecule has 1 N–H and O–H groups in total. The number of carbonyl (C=O) groups excluding carboxylic acids is 1. The summed E-state index contributed by atoms with van der Waals surface area (Å²) in [7, 11) is 4.02. The van der Waals surface area contributed by atoms with Crippen molar-refractivity contribution in [2.45, 2.75) is 12.6 Å². The molecule has 1 aromatic rings. The third-order valence-electron chi connectivity index (χ3n) is 3.44. The summed E-state index contributed by atoms with van der Waals surface area (Å²) in [5, 5.41) is 3.23. The number of morpholine rings is 1. The van der Waals surface area contributed by atoms with Gasteiger partial charge >= 0.3 is 0 Å². The minimum Gasteiger partial charge on any atom is -0.378 e. The number of ether oxygens (including phenoxy) is 1. The molecular weight excluding hydrogens is 268 g/mol. The lowest BCUT2D eigenvalue weighted by molar-refractivity contribution is -0.137. The highest BCUT2D eigenvalue weighted by atomic mass is 16.5. The molecule has 1 aromatic heterocycles. The molecular formula is C15H24N4O2. The van der Waals surface area contributed by atoms with E-state index in [-0.39, 0.29) is 11.9 Å². The fourth-order valence-electron chi connectivity index (χ4n) is 2.24. The number of aromatic nitrogens is 1. The molecule has 0 saturated carbocycles. The van der Waals surface area contributed by atoms with E-state index in [0.29, 0.717) is 26.3 Å². The zero-order valence-corrected chi connectivity index (χ0v) is 12.8. The van der Waals surface area contributed by atoms with Crippen molar-refractivity contribution >= 4 is 5.91 Å². The third-order valence-corrected chi connectivity index (χ3v) is 3.44. The van der Waals surface area contributed by atoms with Gasteiger partial charge in [-0.05, 0) is 25.7 Å². The number of pyridine rings is 1. The Morgan fingerprint density at radius 1 is 1.48 bits per heavy atom. The van der Waals surface area contributed by atoms with Crippen LogP contribution in [0.4, 0.5) is 0 Å². The summed E-state index contributed by atoms with van der Waals surface area (Å²) in [5.74, 6) is 0.0976. The molecule has 116 valence electrons. The lowest BCUT2D eigenvalue weighted by Crippen LogP contribution is -2.53. The number of hydrogen-bond acceptors (Lipinski definition) is 5. The lowest BCUT2D eigenvalue weighted by atomic mass is 10.2. The van der Waals surface area contributed by atoms with Crippen LogP contribution in [0.25, 0.3) is 0 Å². The zero-order valence-electron chi connectivity index (χ0n) is 12.8. The molecule has 0 radical (unpaired) electrons. The molecule has 1 aliphatic rings. The van der Waals surface area contributed by atoms with Gasteiger partial charge in [-0.15, -0.1) is 0 Å². The Balaban J connectivity index is 2.01. The molecule has 0 spiro atoms. The fraction of sp³-hybridized carbons (Fsp3) is 0.600. The van der Waals surface area contributed by atoms with E-state index in [1.54, 1.807) is 12.4 Å². The molecule has 1 saturated heterocycles. The number of rotatable bonds is 6. The van der Waals surface area contributed by atoms with E-state index in [2.05, 4.69) is 15.2 Å². The molecule has 6 heteroatoms. The third kappa shape index (κ3) is 5.08. The number of nitrogens with one attached hydrogen (secondary N) is 1. The molecule has 0 aromatic carbocycles. The van der Waals surface area contributed by atoms with Crippen LogP contribution < -0.4 is 5.32 Å². The maximum atomic E-state index is 12.7. The Hall–Kier alpha value is -1.50. The molecule has 1 unspecified atom stereocenters. The van der Waals surface area contributed by atoms with E-state index >= 15 is 0 Å². The van der Waals surface area contributed by atoms with Crippen LogP contribution in [-0.4, -0.2) is 73.7 Å². The highest BCUT2D eigenvalue weighted by Gasteiger charge is 2.26. The average Bonchev–Trinajstić information content (AvgIpc) is 2.52. The van der Waals surface area contributed by atoms with E-state index in [0.717, 1.165) is 18.7 Å². The number of likely N-dealkylation sites (N-methyl/N-ethyl adjacent to an activating group) is 1. The van der Waals surface area contributed by atoms with Gasteiger partial charge in [0.1, 0.15) is 6.04 Å². The van der Waals surface area contributed by atoms with Gasteiger partial charge in [0.2, 0.25) is 5.91 Å². The van der Waals surface area contributed by atoms with Crippen LogP contribution >= 0.6 is 0 Å². The van der Waals surface area contributed by atoms with Gasteiger partial charge in [0.15, 0.2) is 0 Å². The van der Waals surface area contributed by atoms with Crippen molar-refractivity contribution in [1.29, 1.82) is 0 Å². The first-order valence-electron chi connectivity index (χ1n) is 7.30. The number of hydrogen-bond donors (Lipinski definition) is 1. The van der Waals surface area contributed by atoms with Crippen molar-refractivity contribution in [2.24, 2.45) is 0 Å². The normalized spacial score (nSPS) is 18.7. The Kier molecular flexibility index (Phi) is 6.10. The van der Waals surface area contributed by atoms with Gasteiger partial charge in [-0.2, -0.15) is 0 Å². The predicted molar refractivity (Wildman–Crippen MR) is 80.8 cm³/mol. The number of carbonyl (C=O) groups is 1. The first-order valence-corrected chi connectivity index (χ1v) is 7.30. The molecule has 0 bridgehead atoms. The van der Waals surface area contributed by atoms with Crippen molar-refractivity contribution < 1.29 is 9.53 Å². The van der Waals surface area contributed by atoms with Crippen LogP contribution in [0.2, 0.25) is 0 Å². The summed E-state index contributed by atoms with van der Waals surface area (Å²) >= 11 is 0. The second-order valence-corrected chi connectivity index (χ2v) is 5.51. The Morgan fingerprint density at radius 2 is 2.33 bits per heavy atom. The summed E-state index contributed by atoms with van der Waals surface area (Å²) in [4.78, 5) is 20.7. The summed E-state index contributed by atoms with van der Waals surface area (Å²) in [6.45, 7) is 3.95. The van der Waals surface area contributed by atoms with Crippen LogP contribution in [0, 0.1) is 0 Å². The topological polar surface area (TPSA) is 57.7 Å². The molecule has 0 aliphatic carbocycles. The van der Waals surface area contributed by atoms with E-state index in [1.807, 2.05) is 31.1 Å². The van der Waals surface area contributed by atoms with Gasteiger partial charge in [0.05, 0.1) is 13.2 Å². The first kappa shape index (κ1) is 15.9. The maximum Gasteiger partial charge on any atom is 0.242 e. The van der Waals surface area contributed by atoms with Crippen molar-refractivity contribution in [1.82, 2.24) is 20.1 Å². The minimum atomic E-state index is -0.238. The standard InChI is InChI=1S/C15H24N4O2/c1-18(2)7-8-19(11-13-4-3-5-16-10-13)15(20)14-12-21-9-6-17-14/h3-5,10,14,17H,6-9,11-12H2,1-2H3. The Bertz CT molecular complexity index is 433. The second-order valence-electron chi connectivity index (χ2n) is 5.51. The molecule has 6 nitrogen and oxygen atoms in total.